The second kappa shape index (κ2) is 5.32. The van der Waals surface area contributed by atoms with Crippen LogP contribution in [0.15, 0.2) is 42.5 Å². The number of esters is 1. The molecule has 1 heterocycles. The van der Waals surface area contributed by atoms with E-state index < -0.39 is 17.7 Å². The van der Waals surface area contributed by atoms with Crippen LogP contribution < -0.4 is 0 Å². The minimum absolute atomic E-state index is 0.0398. The van der Waals surface area contributed by atoms with E-state index >= 15 is 0 Å². The normalized spacial score (nSPS) is 11.2. The quantitative estimate of drug-likeness (QED) is 0.790. The van der Waals surface area contributed by atoms with Crippen LogP contribution in [0.3, 0.4) is 0 Å². The van der Waals surface area contributed by atoms with E-state index in [4.69, 9.17) is 0 Å². The highest BCUT2D eigenvalue weighted by Gasteiger charge is 2.33. The van der Waals surface area contributed by atoms with Gasteiger partial charge in [-0.05, 0) is 18.2 Å². The minimum Gasteiger partial charge on any atom is -0.464 e. The van der Waals surface area contributed by atoms with Gasteiger partial charge in [-0.2, -0.15) is 13.2 Å². The summed E-state index contributed by atoms with van der Waals surface area (Å²) in [6, 6.07) is 9.33. The molecular weight excluding hydrogens is 271 g/mol. The average Bonchev–Trinajstić information content (AvgIpc) is 2.45. The van der Waals surface area contributed by atoms with Crippen LogP contribution in [0.2, 0.25) is 0 Å². The van der Waals surface area contributed by atoms with E-state index in [-0.39, 0.29) is 17.0 Å². The highest BCUT2D eigenvalue weighted by molar-refractivity contribution is 5.87. The van der Waals surface area contributed by atoms with Crippen LogP contribution in [-0.2, 0) is 10.9 Å². The van der Waals surface area contributed by atoms with Gasteiger partial charge in [0.25, 0.3) is 0 Å². The summed E-state index contributed by atoms with van der Waals surface area (Å²) >= 11 is 0. The van der Waals surface area contributed by atoms with Crippen molar-refractivity contribution in [2.24, 2.45) is 0 Å². The number of ether oxygens (including phenoxy) is 1. The van der Waals surface area contributed by atoms with Crippen molar-refractivity contribution >= 4 is 5.97 Å². The maximum atomic E-state index is 12.9. The van der Waals surface area contributed by atoms with Gasteiger partial charge in [-0.1, -0.05) is 24.3 Å². The molecule has 2 rings (SSSR count). The largest absolute Gasteiger partial charge is 0.464 e. The maximum Gasteiger partial charge on any atom is 0.417 e. The molecule has 1 aromatic heterocycles. The number of nitrogens with zero attached hydrogens (tertiary/aromatic N) is 1. The second-order valence-corrected chi connectivity index (χ2v) is 3.94. The average molecular weight is 281 g/mol. The molecule has 0 aliphatic rings. The van der Waals surface area contributed by atoms with Crippen LogP contribution in [0.4, 0.5) is 13.2 Å². The van der Waals surface area contributed by atoms with E-state index in [1.807, 2.05) is 0 Å². The van der Waals surface area contributed by atoms with Gasteiger partial charge in [-0.3, -0.25) is 0 Å². The summed E-state index contributed by atoms with van der Waals surface area (Å²) in [7, 11) is 1.18. The van der Waals surface area contributed by atoms with Gasteiger partial charge in [0, 0.05) is 5.56 Å². The van der Waals surface area contributed by atoms with E-state index in [1.165, 1.54) is 43.5 Å². The van der Waals surface area contributed by atoms with Gasteiger partial charge < -0.3 is 4.74 Å². The molecule has 0 bridgehead atoms. The highest BCUT2D eigenvalue weighted by Crippen LogP contribution is 2.36. The first-order chi connectivity index (χ1) is 9.43. The lowest BCUT2D eigenvalue weighted by molar-refractivity contribution is -0.137. The third kappa shape index (κ3) is 2.79. The lowest BCUT2D eigenvalue weighted by Gasteiger charge is -2.12. The number of rotatable bonds is 2. The van der Waals surface area contributed by atoms with Crippen LogP contribution in [0.1, 0.15) is 16.1 Å². The lowest BCUT2D eigenvalue weighted by Crippen LogP contribution is -2.09. The van der Waals surface area contributed by atoms with Crippen molar-refractivity contribution in [1.29, 1.82) is 0 Å². The van der Waals surface area contributed by atoms with E-state index in [9.17, 15) is 18.0 Å². The molecule has 0 amide bonds. The molecule has 0 radical (unpaired) electrons. The molecule has 0 unspecified atom stereocenters. The lowest BCUT2D eigenvalue weighted by atomic mass is 10.0. The molecule has 0 aliphatic heterocycles. The van der Waals surface area contributed by atoms with Crippen LogP contribution in [-0.4, -0.2) is 18.1 Å². The summed E-state index contributed by atoms with van der Waals surface area (Å²) in [5.74, 6) is -0.698. The van der Waals surface area contributed by atoms with Gasteiger partial charge >= 0.3 is 12.1 Å². The predicted octanol–water partition coefficient (Wildman–Crippen LogP) is 3.55. The summed E-state index contributed by atoms with van der Waals surface area (Å²) in [5, 5.41) is 0. The van der Waals surface area contributed by atoms with Crippen LogP contribution >= 0.6 is 0 Å². The number of aromatic nitrogens is 1. The van der Waals surface area contributed by atoms with Gasteiger partial charge in [0.15, 0.2) is 0 Å². The smallest absolute Gasteiger partial charge is 0.417 e. The molecule has 2 aromatic rings. The fraction of sp³-hybridized carbons (Fsp3) is 0.143. The number of benzene rings is 1. The molecule has 3 nitrogen and oxygen atoms in total. The van der Waals surface area contributed by atoms with Gasteiger partial charge in [-0.15, -0.1) is 0 Å². The van der Waals surface area contributed by atoms with Crippen molar-refractivity contribution in [3.8, 4) is 11.3 Å². The van der Waals surface area contributed by atoms with E-state index in [2.05, 4.69) is 9.72 Å². The summed E-state index contributed by atoms with van der Waals surface area (Å²) in [4.78, 5) is 15.3. The Balaban J connectivity index is 2.55. The Morgan fingerprint density at radius 2 is 1.80 bits per heavy atom. The molecule has 0 fully saturated rings. The number of hydrogen-bond donors (Lipinski definition) is 0. The van der Waals surface area contributed by atoms with Crippen molar-refractivity contribution in [2.45, 2.75) is 6.18 Å². The Labute approximate surface area is 113 Å². The summed E-state index contributed by atoms with van der Waals surface area (Å²) in [6.07, 6.45) is -4.49. The number of methoxy groups -OCH3 is 1. The third-order valence-electron chi connectivity index (χ3n) is 2.65. The summed E-state index contributed by atoms with van der Waals surface area (Å²) in [5.41, 5.74) is -0.844. The number of carbonyl (C=O) groups excluding carboxylic acids is 1. The molecule has 0 N–H and O–H groups in total. The van der Waals surface area contributed by atoms with Crippen LogP contribution in [0, 0.1) is 0 Å². The first kappa shape index (κ1) is 14.0. The third-order valence-corrected chi connectivity index (χ3v) is 2.65. The van der Waals surface area contributed by atoms with Gasteiger partial charge in [0.1, 0.15) is 5.69 Å². The molecular formula is C14H10F3NO2. The van der Waals surface area contributed by atoms with Crippen molar-refractivity contribution < 1.29 is 22.7 Å². The molecule has 0 saturated heterocycles. The van der Waals surface area contributed by atoms with Crippen molar-refractivity contribution in [3.05, 3.63) is 53.7 Å². The number of pyridine rings is 1. The summed E-state index contributed by atoms with van der Waals surface area (Å²) < 4.78 is 43.3. The van der Waals surface area contributed by atoms with E-state index in [1.54, 1.807) is 0 Å². The standard InChI is InChI=1S/C14H10F3NO2/c1-20-13(19)12-8-4-7-11(18-12)9-5-2-3-6-10(9)14(15,16)17/h2-8H,1H3. The summed E-state index contributed by atoms with van der Waals surface area (Å²) in [6.45, 7) is 0. The highest BCUT2D eigenvalue weighted by atomic mass is 19.4. The Bertz CT molecular complexity index is 638. The monoisotopic (exact) mass is 281 g/mol. The Morgan fingerprint density at radius 3 is 2.45 bits per heavy atom. The van der Waals surface area contributed by atoms with Crippen LogP contribution in [0.25, 0.3) is 11.3 Å². The Kier molecular flexibility index (Phi) is 3.74. The number of halogens is 3. The maximum absolute atomic E-state index is 12.9. The zero-order valence-electron chi connectivity index (χ0n) is 10.4. The Morgan fingerprint density at radius 1 is 1.10 bits per heavy atom. The first-order valence-electron chi connectivity index (χ1n) is 5.65. The Hall–Kier alpha value is -2.37. The number of alkyl halides is 3. The van der Waals surface area contributed by atoms with Crippen molar-refractivity contribution in [1.82, 2.24) is 4.98 Å². The van der Waals surface area contributed by atoms with Crippen molar-refractivity contribution in [2.75, 3.05) is 7.11 Å². The second-order valence-electron chi connectivity index (χ2n) is 3.94. The molecule has 6 heteroatoms. The predicted molar refractivity (Wildman–Crippen MR) is 66.0 cm³/mol. The molecule has 0 atom stereocenters. The fourth-order valence-electron chi connectivity index (χ4n) is 1.76. The van der Waals surface area contributed by atoms with E-state index in [0.29, 0.717) is 0 Å². The molecule has 0 saturated carbocycles. The first-order valence-corrected chi connectivity index (χ1v) is 5.65. The van der Waals surface area contributed by atoms with E-state index in [0.717, 1.165) is 6.07 Å². The molecule has 0 aliphatic carbocycles. The SMILES string of the molecule is COC(=O)c1cccc(-c2ccccc2C(F)(F)F)n1. The zero-order valence-corrected chi connectivity index (χ0v) is 10.4. The molecule has 0 spiro atoms. The molecule has 20 heavy (non-hydrogen) atoms. The molecule has 1 aromatic carbocycles. The van der Waals surface area contributed by atoms with Crippen LogP contribution in [0.5, 0.6) is 0 Å². The minimum atomic E-state index is -4.49. The number of hydrogen-bond acceptors (Lipinski definition) is 3. The van der Waals surface area contributed by atoms with Gasteiger partial charge in [0.05, 0.1) is 18.4 Å². The fourth-order valence-corrected chi connectivity index (χ4v) is 1.76. The van der Waals surface area contributed by atoms with Crippen molar-refractivity contribution in [3.63, 3.8) is 0 Å². The molecule has 104 valence electrons. The number of carbonyl (C=O) groups is 1. The van der Waals surface area contributed by atoms with Gasteiger partial charge in [0.2, 0.25) is 0 Å². The topological polar surface area (TPSA) is 39.2 Å². The zero-order chi connectivity index (χ0) is 14.8. The van der Waals surface area contributed by atoms with Gasteiger partial charge in [-0.25, -0.2) is 9.78 Å².